The van der Waals surface area contributed by atoms with Crippen LogP contribution >= 0.6 is 11.8 Å². The molecule has 0 saturated heterocycles. The minimum absolute atomic E-state index is 0.292. The molecule has 0 fully saturated rings. The molecule has 0 aromatic heterocycles. The van der Waals surface area contributed by atoms with E-state index in [4.69, 9.17) is 5.11 Å². The van der Waals surface area contributed by atoms with Gasteiger partial charge in [0.2, 0.25) is 0 Å². The molecule has 0 aliphatic rings. The Morgan fingerprint density at radius 3 is 2.27 bits per heavy atom. The molecule has 0 rings (SSSR count). The Morgan fingerprint density at radius 1 is 1.55 bits per heavy atom. The summed E-state index contributed by atoms with van der Waals surface area (Å²) >= 11 is 1.69. The fourth-order valence-corrected chi connectivity index (χ4v) is 1.33. The molecular weight excluding hydrogens is 160 g/mol. The Labute approximate surface area is 73.4 Å². The van der Waals surface area contributed by atoms with Crippen LogP contribution in [-0.2, 0) is 4.79 Å². The molecule has 0 amide bonds. The topological polar surface area (TPSA) is 37.3 Å². The number of carboxylic acids is 1. The van der Waals surface area contributed by atoms with Gasteiger partial charge in [0, 0.05) is 6.42 Å². The van der Waals surface area contributed by atoms with E-state index in [1.165, 1.54) is 0 Å². The highest BCUT2D eigenvalue weighted by molar-refractivity contribution is 7.98. The lowest BCUT2D eigenvalue weighted by atomic mass is 10.1. The summed E-state index contributed by atoms with van der Waals surface area (Å²) in [5.41, 5.74) is 0. The van der Waals surface area contributed by atoms with Gasteiger partial charge in [0.1, 0.15) is 0 Å². The van der Waals surface area contributed by atoms with Crippen LogP contribution in [0.15, 0.2) is 0 Å². The third kappa shape index (κ3) is 12.9. The van der Waals surface area contributed by atoms with Gasteiger partial charge in [-0.2, -0.15) is 11.8 Å². The van der Waals surface area contributed by atoms with Crippen LogP contribution in [0.2, 0.25) is 0 Å². The van der Waals surface area contributed by atoms with Crippen molar-refractivity contribution >= 4 is 17.7 Å². The third-order valence-corrected chi connectivity index (χ3v) is 1.88. The molecule has 0 heterocycles. The van der Waals surface area contributed by atoms with Crippen LogP contribution in [0.1, 0.15) is 27.2 Å². The quantitative estimate of drug-likeness (QED) is 0.718. The molecule has 0 aliphatic heterocycles. The van der Waals surface area contributed by atoms with Gasteiger partial charge in [-0.25, -0.2) is 0 Å². The van der Waals surface area contributed by atoms with Gasteiger partial charge in [0.05, 0.1) is 0 Å². The molecule has 1 N–H and O–H groups in total. The smallest absolute Gasteiger partial charge is 0.303 e. The van der Waals surface area contributed by atoms with E-state index in [2.05, 4.69) is 0 Å². The van der Waals surface area contributed by atoms with Gasteiger partial charge < -0.3 is 5.11 Å². The largest absolute Gasteiger partial charge is 0.481 e. The monoisotopic (exact) mass is 178 g/mol. The molecule has 0 aromatic carbocycles. The van der Waals surface area contributed by atoms with Crippen molar-refractivity contribution in [1.82, 2.24) is 0 Å². The van der Waals surface area contributed by atoms with Crippen LogP contribution < -0.4 is 0 Å². The molecule has 0 radical (unpaired) electrons. The third-order valence-electron chi connectivity index (χ3n) is 0.974. The summed E-state index contributed by atoms with van der Waals surface area (Å²) in [6.45, 7) is 5.95. The summed E-state index contributed by atoms with van der Waals surface area (Å²) in [7, 11) is 0. The number of carbonyl (C=O) groups is 1. The summed E-state index contributed by atoms with van der Waals surface area (Å²) in [4.78, 5) is 10.1. The Hall–Kier alpha value is -0.180. The summed E-state index contributed by atoms with van der Waals surface area (Å²) in [5.74, 6) is 0.542. The lowest BCUT2D eigenvalue weighted by Gasteiger charge is -2.03. The van der Waals surface area contributed by atoms with Gasteiger partial charge in [-0.1, -0.05) is 20.8 Å². The van der Waals surface area contributed by atoms with Crippen LogP contribution in [0.25, 0.3) is 0 Å². The van der Waals surface area contributed by atoms with Crippen molar-refractivity contribution in [2.75, 3.05) is 12.0 Å². The maximum atomic E-state index is 10.1. The first-order chi connectivity index (χ1) is 5.16. The fourth-order valence-electron chi connectivity index (χ4n) is 0.642. The summed E-state index contributed by atoms with van der Waals surface area (Å²) in [6, 6.07) is 0. The van der Waals surface area contributed by atoms with Gasteiger partial charge in [-0.05, 0) is 17.9 Å². The Bertz CT molecular complexity index is 94.1. The van der Waals surface area contributed by atoms with Crippen molar-refractivity contribution < 1.29 is 9.90 Å². The first-order valence-corrected chi connectivity index (χ1v) is 5.27. The lowest BCUT2D eigenvalue weighted by Crippen LogP contribution is -2.05. The van der Waals surface area contributed by atoms with Crippen LogP contribution in [0.3, 0.4) is 0 Å². The van der Waals surface area contributed by atoms with Crippen LogP contribution in [0.4, 0.5) is 0 Å². The van der Waals surface area contributed by atoms with Gasteiger partial charge in [0.25, 0.3) is 0 Å². The second kappa shape index (κ2) is 9.82. The van der Waals surface area contributed by atoms with Crippen molar-refractivity contribution in [2.24, 2.45) is 5.92 Å². The van der Waals surface area contributed by atoms with E-state index >= 15 is 0 Å². The van der Waals surface area contributed by atoms with Crippen molar-refractivity contribution in [2.45, 2.75) is 27.2 Å². The van der Waals surface area contributed by atoms with Crippen LogP contribution in [0, 0.1) is 5.92 Å². The highest BCUT2D eigenvalue weighted by atomic mass is 32.2. The first kappa shape index (κ1) is 13.4. The van der Waals surface area contributed by atoms with Crippen LogP contribution in [0.5, 0.6) is 0 Å². The Balaban J connectivity index is 0. The second-order valence-electron chi connectivity index (χ2n) is 2.16. The maximum Gasteiger partial charge on any atom is 0.303 e. The van der Waals surface area contributed by atoms with Crippen molar-refractivity contribution in [1.29, 1.82) is 0 Å². The molecule has 0 saturated carbocycles. The average Bonchev–Trinajstić information content (AvgIpc) is 1.91. The van der Waals surface area contributed by atoms with Gasteiger partial charge in [-0.15, -0.1) is 0 Å². The van der Waals surface area contributed by atoms with Gasteiger partial charge in [0.15, 0.2) is 0 Å². The minimum Gasteiger partial charge on any atom is -0.481 e. The van der Waals surface area contributed by atoms with Crippen LogP contribution in [-0.4, -0.2) is 23.1 Å². The second-order valence-corrected chi connectivity index (χ2v) is 3.07. The highest BCUT2D eigenvalue weighted by Crippen LogP contribution is 2.07. The molecule has 68 valence electrons. The molecule has 0 aliphatic carbocycles. The zero-order valence-corrected chi connectivity index (χ0v) is 8.57. The molecular formula is C8H18O2S. The van der Waals surface area contributed by atoms with E-state index in [-0.39, 0.29) is 0 Å². The Morgan fingerprint density at radius 2 is 2.00 bits per heavy atom. The van der Waals surface area contributed by atoms with Gasteiger partial charge in [-0.3, -0.25) is 4.79 Å². The van der Waals surface area contributed by atoms with E-state index in [9.17, 15) is 4.79 Å². The maximum absolute atomic E-state index is 10.1. The predicted molar refractivity (Wildman–Crippen MR) is 51.1 cm³/mol. The normalized spacial score (nSPS) is 11.3. The molecule has 3 heteroatoms. The highest BCUT2D eigenvalue weighted by Gasteiger charge is 2.05. The standard InChI is InChI=1S/C6H12O2S.C2H6/c1-5(4-9-2)3-6(7)8;1-2/h5H,3-4H2,1-2H3,(H,7,8);1-2H3. The zero-order valence-electron chi connectivity index (χ0n) is 7.76. The first-order valence-electron chi connectivity index (χ1n) is 3.87. The summed E-state index contributed by atoms with van der Waals surface area (Å²) in [6.07, 6.45) is 2.28. The number of hydrogen-bond acceptors (Lipinski definition) is 2. The fraction of sp³-hybridized carbons (Fsp3) is 0.875. The van der Waals surface area contributed by atoms with E-state index in [0.717, 1.165) is 5.75 Å². The molecule has 11 heavy (non-hydrogen) atoms. The summed E-state index contributed by atoms with van der Waals surface area (Å²) < 4.78 is 0. The van der Waals surface area contributed by atoms with E-state index < -0.39 is 5.97 Å². The number of carboxylic acid groups (broad SMARTS) is 1. The van der Waals surface area contributed by atoms with E-state index in [1.54, 1.807) is 11.8 Å². The molecule has 0 aromatic rings. The van der Waals surface area contributed by atoms with E-state index in [1.807, 2.05) is 27.0 Å². The van der Waals surface area contributed by atoms with Crippen molar-refractivity contribution in [3.05, 3.63) is 0 Å². The Kier molecular flexibility index (Phi) is 12.0. The molecule has 1 atom stereocenters. The van der Waals surface area contributed by atoms with Crippen molar-refractivity contribution in [3.8, 4) is 0 Å². The number of thioether (sulfide) groups is 1. The van der Waals surface area contributed by atoms with Crippen molar-refractivity contribution in [3.63, 3.8) is 0 Å². The average molecular weight is 178 g/mol. The number of aliphatic carboxylic acids is 1. The zero-order chi connectivity index (χ0) is 9.28. The van der Waals surface area contributed by atoms with Gasteiger partial charge >= 0.3 is 5.97 Å². The number of rotatable bonds is 4. The molecule has 2 nitrogen and oxygen atoms in total. The molecule has 0 spiro atoms. The predicted octanol–water partition coefficient (Wildman–Crippen LogP) is 2.49. The van der Waals surface area contributed by atoms with E-state index in [0.29, 0.717) is 12.3 Å². The molecule has 0 bridgehead atoms. The summed E-state index contributed by atoms with van der Waals surface area (Å²) in [5, 5.41) is 8.30. The number of hydrogen-bond donors (Lipinski definition) is 1. The molecule has 1 unspecified atom stereocenters. The SMILES string of the molecule is CC.CSCC(C)CC(=O)O. The minimum atomic E-state index is -0.698. The lowest BCUT2D eigenvalue weighted by molar-refractivity contribution is -0.137.